The highest BCUT2D eigenvalue weighted by Crippen LogP contribution is 2.20. The van der Waals surface area contributed by atoms with Crippen molar-refractivity contribution in [1.82, 2.24) is 5.32 Å². The van der Waals surface area contributed by atoms with Crippen molar-refractivity contribution in [1.29, 1.82) is 5.26 Å². The van der Waals surface area contributed by atoms with Gasteiger partial charge in [0.25, 0.3) is 0 Å². The van der Waals surface area contributed by atoms with Crippen LogP contribution in [0, 0.1) is 11.3 Å². The topological polar surface area (TPSA) is 87.0 Å². The summed E-state index contributed by atoms with van der Waals surface area (Å²) in [5.41, 5.74) is 0.960. The summed E-state index contributed by atoms with van der Waals surface area (Å²) in [6, 6.07) is 9.23. The summed E-state index contributed by atoms with van der Waals surface area (Å²) in [6.45, 7) is 0. The summed E-state index contributed by atoms with van der Waals surface area (Å²) in [6.07, 6.45) is 3.38. The Kier molecular flexibility index (Phi) is 5.97. The second-order valence-corrected chi connectivity index (χ2v) is 8.57. The fraction of sp³-hybridized carbons (Fsp3) is 0.375. The number of hydrogen-bond acceptors (Lipinski definition) is 4. The van der Waals surface area contributed by atoms with Crippen molar-refractivity contribution >= 4 is 37.8 Å². The van der Waals surface area contributed by atoms with Crippen LogP contribution in [0.25, 0.3) is 6.08 Å². The fourth-order valence-electron chi connectivity index (χ4n) is 1.95. The highest BCUT2D eigenvalue weighted by molar-refractivity contribution is 9.10. The molecule has 1 fully saturated rings. The number of nitrogens with one attached hydrogen (secondary N) is 1. The highest BCUT2D eigenvalue weighted by Gasteiger charge is 2.26. The maximum atomic E-state index is 12.3. The standard InChI is InChI=1S/C16H17BrN2O3S/c17-14-4-2-12(3-5-14)10-13(16(20)19-15-6-7-15)11-23(21,22)9-1-8-18/h2-5,10,15H,1,6-7,9,11H2,(H,19,20)/b13-10+. The first-order valence-corrected chi connectivity index (χ1v) is 9.85. The summed E-state index contributed by atoms with van der Waals surface area (Å²) in [7, 11) is -3.49. The Morgan fingerprint density at radius 1 is 1.35 bits per heavy atom. The van der Waals surface area contributed by atoms with Gasteiger partial charge in [0.2, 0.25) is 5.91 Å². The van der Waals surface area contributed by atoms with Crippen LogP contribution < -0.4 is 5.32 Å². The van der Waals surface area contributed by atoms with Gasteiger partial charge in [0, 0.05) is 22.5 Å². The molecule has 0 unspecified atom stereocenters. The lowest BCUT2D eigenvalue weighted by Gasteiger charge is -2.09. The van der Waals surface area contributed by atoms with Gasteiger partial charge in [-0.25, -0.2) is 8.42 Å². The molecule has 1 N–H and O–H groups in total. The first kappa shape index (κ1) is 17.7. The maximum Gasteiger partial charge on any atom is 0.248 e. The predicted octanol–water partition coefficient (Wildman–Crippen LogP) is 2.44. The molecule has 7 heteroatoms. The molecular formula is C16H17BrN2O3S. The minimum Gasteiger partial charge on any atom is -0.350 e. The van der Waals surface area contributed by atoms with Crippen molar-refractivity contribution in [2.45, 2.75) is 25.3 Å². The monoisotopic (exact) mass is 396 g/mol. The van der Waals surface area contributed by atoms with Crippen molar-refractivity contribution in [3.05, 3.63) is 39.9 Å². The van der Waals surface area contributed by atoms with Crippen LogP contribution >= 0.6 is 15.9 Å². The van der Waals surface area contributed by atoms with E-state index in [4.69, 9.17) is 5.26 Å². The van der Waals surface area contributed by atoms with Crippen LogP contribution in [0.2, 0.25) is 0 Å². The van der Waals surface area contributed by atoms with Crippen molar-refractivity contribution < 1.29 is 13.2 Å². The summed E-state index contributed by atoms with van der Waals surface area (Å²) < 4.78 is 25.0. The summed E-state index contributed by atoms with van der Waals surface area (Å²) >= 11 is 3.33. The van der Waals surface area contributed by atoms with Gasteiger partial charge in [0.15, 0.2) is 9.84 Å². The van der Waals surface area contributed by atoms with E-state index in [2.05, 4.69) is 21.2 Å². The Hall–Kier alpha value is -1.65. The third kappa shape index (κ3) is 6.16. The Morgan fingerprint density at radius 2 is 2.00 bits per heavy atom. The second kappa shape index (κ2) is 7.75. The number of sulfone groups is 1. The van der Waals surface area contributed by atoms with Crippen molar-refractivity contribution in [3.63, 3.8) is 0 Å². The summed E-state index contributed by atoms with van der Waals surface area (Å²) in [5, 5.41) is 11.4. The average Bonchev–Trinajstić information content (AvgIpc) is 3.30. The first-order valence-electron chi connectivity index (χ1n) is 7.24. The first-order chi connectivity index (χ1) is 10.9. The molecule has 1 aliphatic rings. The molecule has 0 radical (unpaired) electrons. The number of amides is 1. The zero-order valence-corrected chi connectivity index (χ0v) is 14.9. The molecule has 0 atom stereocenters. The van der Waals surface area contributed by atoms with Crippen LogP contribution in [0.15, 0.2) is 34.3 Å². The van der Waals surface area contributed by atoms with Gasteiger partial charge < -0.3 is 5.32 Å². The van der Waals surface area contributed by atoms with E-state index in [9.17, 15) is 13.2 Å². The molecule has 1 saturated carbocycles. The normalized spacial score (nSPS) is 15.0. The molecule has 0 bridgehead atoms. The molecule has 0 heterocycles. The number of benzene rings is 1. The minimum atomic E-state index is -3.49. The largest absolute Gasteiger partial charge is 0.350 e. The molecule has 23 heavy (non-hydrogen) atoms. The van der Waals surface area contributed by atoms with Gasteiger partial charge in [-0.3, -0.25) is 4.79 Å². The third-order valence-electron chi connectivity index (χ3n) is 3.32. The number of hydrogen-bond donors (Lipinski definition) is 1. The molecule has 122 valence electrons. The number of halogens is 1. The molecule has 0 spiro atoms. The Balaban J connectivity index is 2.21. The van der Waals surface area contributed by atoms with E-state index in [0.717, 1.165) is 22.9 Å². The Morgan fingerprint density at radius 3 is 2.57 bits per heavy atom. The van der Waals surface area contributed by atoms with E-state index >= 15 is 0 Å². The van der Waals surface area contributed by atoms with Crippen LogP contribution in [0.4, 0.5) is 0 Å². The second-order valence-electron chi connectivity index (χ2n) is 5.47. The quantitative estimate of drug-likeness (QED) is 0.716. The maximum absolute atomic E-state index is 12.3. The van der Waals surface area contributed by atoms with Gasteiger partial charge in [-0.05, 0) is 36.6 Å². The van der Waals surface area contributed by atoms with Crippen molar-refractivity contribution in [3.8, 4) is 6.07 Å². The smallest absolute Gasteiger partial charge is 0.248 e. The zero-order chi connectivity index (χ0) is 16.9. The molecule has 0 saturated heterocycles. The summed E-state index contributed by atoms with van der Waals surface area (Å²) in [4.78, 5) is 12.3. The van der Waals surface area contributed by atoms with Gasteiger partial charge in [0.05, 0.1) is 17.6 Å². The van der Waals surface area contributed by atoms with Crippen molar-refractivity contribution in [2.24, 2.45) is 0 Å². The van der Waals surface area contributed by atoms with E-state index < -0.39 is 9.84 Å². The Labute approximate surface area is 144 Å². The van der Waals surface area contributed by atoms with E-state index in [-0.39, 0.29) is 35.4 Å². The molecule has 0 aliphatic heterocycles. The van der Waals surface area contributed by atoms with Crippen LogP contribution in [0.5, 0.6) is 0 Å². The number of nitriles is 1. The van der Waals surface area contributed by atoms with Crippen molar-refractivity contribution in [2.75, 3.05) is 11.5 Å². The van der Waals surface area contributed by atoms with Gasteiger partial charge >= 0.3 is 0 Å². The number of carbonyl (C=O) groups excluding carboxylic acids is 1. The van der Waals surface area contributed by atoms with E-state index in [1.165, 1.54) is 0 Å². The highest BCUT2D eigenvalue weighted by atomic mass is 79.9. The van der Waals surface area contributed by atoms with Gasteiger partial charge in [-0.1, -0.05) is 28.1 Å². The van der Waals surface area contributed by atoms with Crippen LogP contribution in [-0.2, 0) is 14.6 Å². The molecule has 1 aromatic rings. The number of carbonyl (C=O) groups is 1. The lowest BCUT2D eigenvalue weighted by molar-refractivity contribution is -0.117. The summed E-state index contributed by atoms with van der Waals surface area (Å²) in [5.74, 6) is -0.947. The molecule has 0 aromatic heterocycles. The van der Waals surface area contributed by atoms with Crippen LogP contribution in [-0.4, -0.2) is 31.9 Å². The van der Waals surface area contributed by atoms with E-state index in [1.54, 1.807) is 18.2 Å². The molecule has 2 rings (SSSR count). The van der Waals surface area contributed by atoms with Gasteiger partial charge in [-0.15, -0.1) is 0 Å². The van der Waals surface area contributed by atoms with Gasteiger partial charge in [0.1, 0.15) is 0 Å². The molecule has 5 nitrogen and oxygen atoms in total. The molecule has 1 aromatic carbocycles. The predicted molar refractivity (Wildman–Crippen MR) is 92.2 cm³/mol. The SMILES string of the molecule is N#CCCS(=O)(=O)C/C(=C\c1ccc(Br)cc1)C(=O)NC1CC1. The van der Waals surface area contributed by atoms with E-state index in [0.29, 0.717) is 0 Å². The van der Waals surface area contributed by atoms with Crippen LogP contribution in [0.1, 0.15) is 24.8 Å². The zero-order valence-electron chi connectivity index (χ0n) is 12.5. The number of nitrogens with zero attached hydrogens (tertiary/aromatic N) is 1. The number of rotatable bonds is 7. The molecule has 1 aliphatic carbocycles. The lowest BCUT2D eigenvalue weighted by Crippen LogP contribution is -2.30. The Bertz CT molecular complexity index is 745. The minimum absolute atomic E-state index is 0.0713. The molecule has 1 amide bonds. The average molecular weight is 397 g/mol. The van der Waals surface area contributed by atoms with Gasteiger partial charge in [-0.2, -0.15) is 5.26 Å². The third-order valence-corrected chi connectivity index (χ3v) is 5.42. The van der Waals surface area contributed by atoms with Crippen LogP contribution in [0.3, 0.4) is 0 Å². The van der Waals surface area contributed by atoms with E-state index in [1.807, 2.05) is 18.2 Å². The fourth-order valence-corrected chi connectivity index (χ4v) is 3.45. The molecular weight excluding hydrogens is 380 g/mol. The lowest BCUT2D eigenvalue weighted by atomic mass is 10.1.